The molecule has 0 bridgehead atoms. The van der Waals surface area contributed by atoms with Gasteiger partial charge in [0, 0.05) is 4.90 Å². The number of carbonyl (C=O) groups excluding carboxylic acids is 3. The lowest BCUT2D eigenvalue weighted by Gasteiger charge is -2.33. The lowest BCUT2D eigenvalue weighted by molar-refractivity contribution is -0.121. The maximum Gasteiger partial charge on any atom is 0.343 e. The number of imide groups is 2. The predicted octanol–water partition coefficient (Wildman–Crippen LogP) is 6.78. The predicted molar refractivity (Wildman–Crippen MR) is 138 cm³/mol. The first-order valence-electron chi connectivity index (χ1n) is 10.6. The Morgan fingerprint density at radius 1 is 0.714 bits per heavy atom. The number of hydrogen-bond donors (Lipinski definition) is 0. The fourth-order valence-corrected chi connectivity index (χ4v) is 4.94. The fourth-order valence-electron chi connectivity index (χ4n) is 3.59. The summed E-state index contributed by atoms with van der Waals surface area (Å²) in [4.78, 5) is 43.2. The average Bonchev–Trinajstić information content (AvgIpc) is 3.22. The molecule has 172 valence electrons. The van der Waals surface area contributed by atoms with Crippen LogP contribution in [0.4, 0.5) is 16.2 Å². The number of para-hydroxylation sites is 2. The van der Waals surface area contributed by atoms with Crippen LogP contribution in [0.25, 0.3) is 6.08 Å². The van der Waals surface area contributed by atoms with Crippen molar-refractivity contribution >= 4 is 63.0 Å². The van der Waals surface area contributed by atoms with Crippen molar-refractivity contribution in [3.05, 3.63) is 113 Å². The molecular weight excluding hydrogens is 528 g/mol. The Bertz CT molecular complexity index is 1370. The number of furan rings is 1. The minimum Gasteiger partial charge on any atom is -0.449 e. The molecule has 35 heavy (non-hydrogen) atoms. The third-order valence-electron chi connectivity index (χ3n) is 5.19. The van der Waals surface area contributed by atoms with Gasteiger partial charge in [-0.2, -0.15) is 0 Å². The molecule has 4 aromatic rings. The minimum absolute atomic E-state index is 0.185. The minimum atomic E-state index is -0.740. The maximum absolute atomic E-state index is 13.4. The van der Waals surface area contributed by atoms with Crippen molar-refractivity contribution in [3.63, 3.8) is 0 Å². The van der Waals surface area contributed by atoms with Gasteiger partial charge in [0.1, 0.15) is 11.3 Å². The Balaban J connectivity index is 1.56. The zero-order valence-electron chi connectivity index (χ0n) is 18.1. The highest BCUT2D eigenvalue weighted by molar-refractivity contribution is 9.10. The number of anilines is 2. The van der Waals surface area contributed by atoms with Crippen LogP contribution in [0.5, 0.6) is 0 Å². The first-order chi connectivity index (χ1) is 17.0. The Labute approximate surface area is 214 Å². The van der Waals surface area contributed by atoms with Crippen LogP contribution >= 0.6 is 27.7 Å². The topological polar surface area (TPSA) is 70.8 Å². The van der Waals surface area contributed by atoms with Crippen LogP contribution in [0.3, 0.4) is 0 Å². The van der Waals surface area contributed by atoms with E-state index in [1.807, 2.05) is 30.3 Å². The van der Waals surface area contributed by atoms with Crippen LogP contribution in [-0.2, 0) is 9.59 Å². The van der Waals surface area contributed by atoms with Crippen molar-refractivity contribution in [2.45, 2.75) is 9.99 Å². The molecule has 1 aliphatic rings. The summed E-state index contributed by atoms with van der Waals surface area (Å²) in [7, 11) is 0. The zero-order chi connectivity index (χ0) is 24.4. The van der Waals surface area contributed by atoms with E-state index in [0.717, 1.165) is 14.7 Å². The molecule has 0 aliphatic carbocycles. The first-order valence-corrected chi connectivity index (χ1v) is 12.2. The van der Waals surface area contributed by atoms with Crippen LogP contribution in [0.2, 0.25) is 0 Å². The molecule has 1 aliphatic heterocycles. The van der Waals surface area contributed by atoms with E-state index in [4.69, 9.17) is 4.42 Å². The molecule has 0 atom stereocenters. The van der Waals surface area contributed by atoms with E-state index in [0.29, 0.717) is 26.7 Å². The summed E-state index contributed by atoms with van der Waals surface area (Å²) in [5.74, 6) is -1.13. The summed E-state index contributed by atoms with van der Waals surface area (Å²) >= 11 is 4.89. The Kier molecular flexibility index (Phi) is 6.39. The summed E-state index contributed by atoms with van der Waals surface area (Å²) < 4.78 is 6.62. The van der Waals surface area contributed by atoms with Gasteiger partial charge in [-0.1, -0.05) is 66.4 Å². The fraction of sp³-hybridized carbons (Fsp3) is 0. The molecule has 0 N–H and O–H groups in total. The van der Waals surface area contributed by atoms with E-state index in [-0.39, 0.29) is 5.57 Å². The van der Waals surface area contributed by atoms with Gasteiger partial charge in [-0.15, -0.1) is 0 Å². The second-order valence-corrected chi connectivity index (χ2v) is 9.39. The quantitative estimate of drug-likeness (QED) is 0.204. The molecule has 0 saturated carbocycles. The molecule has 1 saturated heterocycles. The number of urea groups is 1. The number of rotatable bonds is 5. The van der Waals surface area contributed by atoms with Crippen LogP contribution in [0.1, 0.15) is 5.76 Å². The summed E-state index contributed by atoms with van der Waals surface area (Å²) in [6.07, 6.45) is 1.38. The Morgan fingerprint density at radius 3 is 1.71 bits per heavy atom. The largest absolute Gasteiger partial charge is 0.449 e. The molecule has 0 spiro atoms. The van der Waals surface area contributed by atoms with E-state index in [9.17, 15) is 14.4 Å². The number of halogens is 1. The summed E-state index contributed by atoms with van der Waals surface area (Å²) in [5, 5.41) is 0.578. The summed E-state index contributed by atoms with van der Waals surface area (Å²) in [6.45, 7) is 0. The van der Waals surface area contributed by atoms with E-state index in [2.05, 4.69) is 15.9 Å². The molecule has 4 amide bonds. The van der Waals surface area contributed by atoms with E-state index in [1.165, 1.54) is 17.8 Å². The van der Waals surface area contributed by atoms with Crippen molar-refractivity contribution < 1.29 is 18.8 Å². The maximum atomic E-state index is 13.4. The van der Waals surface area contributed by atoms with Crippen LogP contribution in [-0.4, -0.2) is 17.8 Å². The van der Waals surface area contributed by atoms with Gasteiger partial charge in [0.25, 0.3) is 11.8 Å². The standard InChI is InChI=1S/C27H17BrN2O4S/c28-23-17-20(34-26(23)35-21-14-8-3-9-15-21)16-22-24(31)29(18-10-4-1-5-11-18)27(33)30(25(22)32)19-12-6-2-7-13-19/h1-17H. The molecule has 2 heterocycles. The number of benzene rings is 3. The third kappa shape index (κ3) is 4.58. The molecular formula is C27H17BrN2O4S. The Hall–Kier alpha value is -3.88. The molecule has 1 aromatic heterocycles. The second kappa shape index (κ2) is 9.77. The van der Waals surface area contributed by atoms with Gasteiger partial charge in [0.05, 0.1) is 15.8 Å². The molecule has 8 heteroatoms. The van der Waals surface area contributed by atoms with Gasteiger partial charge in [-0.3, -0.25) is 9.59 Å². The summed E-state index contributed by atoms with van der Waals surface area (Å²) in [5.41, 5.74) is 0.542. The lowest BCUT2D eigenvalue weighted by atomic mass is 10.1. The summed E-state index contributed by atoms with van der Waals surface area (Å²) in [6, 6.07) is 27.7. The number of hydrogen-bond acceptors (Lipinski definition) is 5. The lowest BCUT2D eigenvalue weighted by Crippen LogP contribution is -2.57. The monoisotopic (exact) mass is 544 g/mol. The normalized spacial score (nSPS) is 14.0. The van der Waals surface area contributed by atoms with Gasteiger partial charge in [-0.25, -0.2) is 14.6 Å². The van der Waals surface area contributed by atoms with E-state index in [1.54, 1.807) is 66.7 Å². The SMILES string of the molecule is O=C1C(=Cc2cc(Br)c(Sc3ccccc3)o2)C(=O)N(c2ccccc2)C(=O)N1c1ccccc1. The smallest absolute Gasteiger partial charge is 0.343 e. The van der Waals surface area contributed by atoms with Gasteiger partial charge < -0.3 is 4.42 Å². The van der Waals surface area contributed by atoms with E-state index >= 15 is 0 Å². The van der Waals surface area contributed by atoms with Gasteiger partial charge in [0.2, 0.25) is 0 Å². The van der Waals surface area contributed by atoms with Crippen LogP contribution < -0.4 is 9.80 Å². The number of amides is 4. The highest BCUT2D eigenvalue weighted by Gasteiger charge is 2.43. The highest BCUT2D eigenvalue weighted by Crippen LogP contribution is 2.37. The molecule has 5 rings (SSSR count). The highest BCUT2D eigenvalue weighted by atomic mass is 79.9. The zero-order valence-corrected chi connectivity index (χ0v) is 20.5. The van der Waals surface area contributed by atoms with Crippen molar-refractivity contribution in [1.82, 2.24) is 0 Å². The first kappa shape index (κ1) is 22.9. The van der Waals surface area contributed by atoms with E-state index < -0.39 is 17.8 Å². The number of nitrogens with zero attached hydrogens (tertiary/aromatic N) is 2. The van der Waals surface area contributed by atoms with Gasteiger partial charge >= 0.3 is 6.03 Å². The van der Waals surface area contributed by atoms with Crippen molar-refractivity contribution in [1.29, 1.82) is 0 Å². The molecule has 3 aromatic carbocycles. The van der Waals surface area contributed by atoms with Crippen molar-refractivity contribution in [2.24, 2.45) is 0 Å². The number of barbiturate groups is 1. The van der Waals surface area contributed by atoms with Crippen LogP contribution in [0, 0.1) is 0 Å². The molecule has 0 radical (unpaired) electrons. The molecule has 0 unspecified atom stereocenters. The van der Waals surface area contributed by atoms with Crippen molar-refractivity contribution in [2.75, 3.05) is 9.80 Å². The third-order valence-corrected chi connectivity index (χ3v) is 7.04. The molecule has 1 fully saturated rings. The second-order valence-electron chi connectivity index (χ2n) is 7.49. The van der Waals surface area contributed by atoms with Gasteiger partial charge in [0.15, 0.2) is 5.09 Å². The molecule has 6 nitrogen and oxygen atoms in total. The van der Waals surface area contributed by atoms with Gasteiger partial charge in [-0.05, 0) is 64.5 Å². The van der Waals surface area contributed by atoms with Crippen molar-refractivity contribution in [3.8, 4) is 0 Å². The Morgan fingerprint density at radius 2 is 1.20 bits per heavy atom. The average molecular weight is 545 g/mol. The van der Waals surface area contributed by atoms with Crippen LogP contribution in [0.15, 0.2) is 122 Å². The number of carbonyl (C=O) groups is 3.